The Hall–Kier alpha value is -1.64. The van der Waals surface area contributed by atoms with Crippen molar-refractivity contribution in [2.75, 3.05) is 6.54 Å². The topological polar surface area (TPSA) is 30.2 Å². The molecule has 16 heavy (non-hydrogen) atoms. The van der Waals surface area contributed by atoms with Gasteiger partial charge in [0.15, 0.2) is 5.82 Å². The SMILES string of the molecule is CCCCN=Cc1nc2ccccc2n1C. The third-order valence-electron chi connectivity index (χ3n) is 2.67. The molecule has 0 fully saturated rings. The number of para-hydroxylation sites is 2. The molecule has 0 unspecified atom stereocenters. The maximum Gasteiger partial charge on any atom is 0.151 e. The highest BCUT2D eigenvalue weighted by Crippen LogP contribution is 2.12. The molecule has 0 aliphatic heterocycles. The minimum atomic E-state index is 0.889. The summed E-state index contributed by atoms with van der Waals surface area (Å²) in [5.41, 5.74) is 2.18. The zero-order valence-corrected chi connectivity index (χ0v) is 9.85. The van der Waals surface area contributed by atoms with E-state index in [0.717, 1.165) is 29.8 Å². The van der Waals surface area contributed by atoms with Gasteiger partial charge in [-0.3, -0.25) is 4.99 Å². The van der Waals surface area contributed by atoms with Gasteiger partial charge >= 0.3 is 0 Å². The number of benzene rings is 1. The van der Waals surface area contributed by atoms with E-state index in [-0.39, 0.29) is 0 Å². The minimum absolute atomic E-state index is 0.889. The molecule has 0 N–H and O–H groups in total. The number of aromatic nitrogens is 2. The lowest BCUT2D eigenvalue weighted by molar-refractivity contribution is 0.808. The zero-order chi connectivity index (χ0) is 11.4. The fraction of sp³-hybridized carbons (Fsp3) is 0.385. The maximum absolute atomic E-state index is 4.52. The van der Waals surface area contributed by atoms with E-state index in [1.54, 1.807) is 0 Å². The van der Waals surface area contributed by atoms with Crippen molar-refractivity contribution < 1.29 is 0 Å². The molecule has 3 heteroatoms. The molecule has 2 rings (SSSR count). The molecule has 0 saturated heterocycles. The van der Waals surface area contributed by atoms with Gasteiger partial charge in [0.25, 0.3) is 0 Å². The van der Waals surface area contributed by atoms with Gasteiger partial charge in [0.1, 0.15) is 0 Å². The van der Waals surface area contributed by atoms with Crippen LogP contribution in [0.1, 0.15) is 25.6 Å². The van der Waals surface area contributed by atoms with Gasteiger partial charge in [-0.25, -0.2) is 4.98 Å². The Morgan fingerprint density at radius 2 is 2.19 bits per heavy atom. The van der Waals surface area contributed by atoms with Gasteiger partial charge in [-0.2, -0.15) is 0 Å². The Balaban J connectivity index is 2.24. The Morgan fingerprint density at radius 3 is 2.94 bits per heavy atom. The number of nitrogens with zero attached hydrogens (tertiary/aromatic N) is 3. The van der Waals surface area contributed by atoms with Gasteiger partial charge in [0.05, 0.1) is 17.2 Å². The summed E-state index contributed by atoms with van der Waals surface area (Å²) in [6.45, 7) is 3.06. The van der Waals surface area contributed by atoms with E-state index < -0.39 is 0 Å². The summed E-state index contributed by atoms with van der Waals surface area (Å²) in [4.78, 5) is 8.90. The largest absolute Gasteiger partial charge is 0.326 e. The average Bonchev–Trinajstić information content (AvgIpc) is 2.63. The standard InChI is InChI=1S/C13H17N3/c1-3-4-9-14-10-13-15-11-7-5-6-8-12(11)16(13)2/h5-8,10H,3-4,9H2,1-2H3. The molecule has 1 aromatic carbocycles. The average molecular weight is 215 g/mol. The Kier molecular flexibility index (Phi) is 3.34. The van der Waals surface area contributed by atoms with Crippen LogP contribution in [0, 0.1) is 0 Å². The van der Waals surface area contributed by atoms with Crippen LogP contribution in [0.2, 0.25) is 0 Å². The lowest BCUT2D eigenvalue weighted by atomic mass is 10.3. The van der Waals surface area contributed by atoms with Crippen molar-refractivity contribution >= 4 is 17.2 Å². The minimum Gasteiger partial charge on any atom is -0.326 e. The molecule has 0 amide bonds. The quantitative estimate of drug-likeness (QED) is 0.569. The second-order valence-corrected chi connectivity index (χ2v) is 3.91. The third-order valence-corrected chi connectivity index (χ3v) is 2.67. The van der Waals surface area contributed by atoms with Crippen molar-refractivity contribution in [1.29, 1.82) is 0 Å². The highest BCUT2D eigenvalue weighted by Gasteiger charge is 2.03. The van der Waals surface area contributed by atoms with Gasteiger partial charge in [0, 0.05) is 13.6 Å². The molecule has 0 aliphatic carbocycles. The summed E-state index contributed by atoms with van der Waals surface area (Å²) >= 11 is 0. The molecule has 3 nitrogen and oxygen atoms in total. The number of aryl methyl sites for hydroxylation is 1. The highest BCUT2D eigenvalue weighted by molar-refractivity contribution is 5.84. The normalized spacial score (nSPS) is 11.6. The van der Waals surface area contributed by atoms with E-state index in [2.05, 4.69) is 27.5 Å². The van der Waals surface area contributed by atoms with Crippen LogP contribution < -0.4 is 0 Å². The molecular formula is C13H17N3. The first-order chi connectivity index (χ1) is 7.83. The summed E-state index contributed by atoms with van der Waals surface area (Å²) in [7, 11) is 2.02. The van der Waals surface area contributed by atoms with E-state index in [1.807, 2.05) is 31.5 Å². The lowest BCUT2D eigenvalue weighted by Crippen LogP contribution is -1.96. The molecule has 0 bridgehead atoms. The fourth-order valence-electron chi connectivity index (χ4n) is 1.68. The van der Waals surface area contributed by atoms with Crippen molar-refractivity contribution in [1.82, 2.24) is 9.55 Å². The van der Waals surface area contributed by atoms with Crippen molar-refractivity contribution in [3.05, 3.63) is 30.1 Å². The fourth-order valence-corrected chi connectivity index (χ4v) is 1.68. The predicted octanol–water partition coefficient (Wildman–Crippen LogP) is 2.79. The predicted molar refractivity (Wildman–Crippen MR) is 68.1 cm³/mol. The van der Waals surface area contributed by atoms with E-state index in [4.69, 9.17) is 0 Å². The number of hydrogen-bond acceptors (Lipinski definition) is 2. The summed E-state index contributed by atoms with van der Waals surface area (Å²) < 4.78 is 2.07. The van der Waals surface area contributed by atoms with Crippen molar-refractivity contribution in [3.63, 3.8) is 0 Å². The first kappa shape index (κ1) is 10.9. The molecule has 0 atom stereocenters. The number of fused-ring (bicyclic) bond motifs is 1. The molecule has 2 aromatic rings. The first-order valence-electron chi connectivity index (χ1n) is 5.74. The molecule has 0 radical (unpaired) electrons. The monoisotopic (exact) mass is 215 g/mol. The second-order valence-electron chi connectivity index (χ2n) is 3.91. The van der Waals surface area contributed by atoms with Crippen LogP contribution in [0.15, 0.2) is 29.3 Å². The zero-order valence-electron chi connectivity index (χ0n) is 9.85. The Morgan fingerprint density at radius 1 is 1.38 bits per heavy atom. The molecule has 0 saturated carbocycles. The number of rotatable bonds is 4. The van der Waals surface area contributed by atoms with Gasteiger partial charge in [-0.05, 0) is 18.6 Å². The van der Waals surface area contributed by atoms with Crippen molar-refractivity contribution in [3.8, 4) is 0 Å². The van der Waals surface area contributed by atoms with Gasteiger partial charge in [-0.15, -0.1) is 0 Å². The van der Waals surface area contributed by atoms with Crippen LogP contribution in [0.3, 0.4) is 0 Å². The summed E-state index contributed by atoms with van der Waals surface area (Å²) in [6.07, 6.45) is 4.19. The Labute approximate surface area is 95.8 Å². The smallest absolute Gasteiger partial charge is 0.151 e. The molecule has 0 spiro atoms. The van der Waals surface area contributed by atoms with Gasteiger partial charge in [-0.1, -0.05) is 25.5 Å². The molecule has 0 aliphatic rings. The van der Waals surface area contributed by atoms with Crippen LogP contribution in [-0.2, 0) is 7.05 Å². The Bertz CT molecular complexity index is 497. The molecule has 1 heterocycles. The first-order valence-corrected chi connectivity index (χ1v) is 5.74. The van der Waals surface area contributed by atoms with E-state index >= 15 is 0 Å². The number of imidazole rings is 1. The summed E-state index contributed by atoms with van der Waals surface area (Å²) in [5.74, 6) is 0.928. The van der Waals surface area contributed by atoms with E-state index in [0.29, 0.717) is 0 Å². The summed E-state index contributed by atoms with van der Waals surface area (Å²) in [5, 5.41) is 0. The van der Waals surface area contributed by atoms with Gasteiger partial charge in [0.2, 0.25) is 0 Å². The molecular weight excluding hydrogens is 198 g/mol. The molecule has 84 valence electrons. The van der Waals surface area contributed by atoms with Crippen LogP contribution in [0.4, 0.5) is 0 Å². The third kappa shape index (κ3) is 2.13. The van der Waals surface area contributed by atoms with Crippen LogP contribution in [0.5, 0.6) is 0 Å². The van der Waals surface area contributed by atoms with E-state index in [9.17, 15) is 0 Å². The van der Waals surface area contributed by atoms with Crippen molar-refractivity contribution in [2.45, 2.75) is 19.8 Å². The van der Waals surface area contributed by atoms with Crippen LogP contribution in [0.25, 0.3) is 11.0 Å². The summed E-state index contributed by atoms with van der Waals surface area (Å²) in [6, 6.07) is 8.14. The van der Waals surface area contributed by atoms with Gasteiger partial charge < -0.3 is 4.57 Å². The van der Waals surface area contributed by atoms with E-state index in [1.165, 1.54) is 6.42 Å². The van der Waals surface area contributed by atoms with Crippen LogP contribution in [-0.4, -0.2) is 22.3 Å². The molecule has 1 aromatic heterocycles. The highest BCUT2D eigenvalue weighted by atomic mass is 15.1. The number of aliphatic imine (C=N–C) groups is 1. The number of hydrogen-bond donors (Lipinski definition) is 0. The van der Waals surface area contributed by atoms with Crippen molar-refractivity contribution in [2.24, 2.45) is 12.0 Å². The lowest BCUT2D eigenvalue weighted by Gasteiger charge is -1.96. The van der Waals surface area contributed by atoms with Crippen LogP contribution >= 0.6 is 0 Å². The number of unbranched alkanes of at least 4 members (excludes halogenated alkanes) is 1. The second kappa shape index (κ2) is 4.92. The maximum atomic E-state index is 4.52.